The number of ether oxygens (including phenoxy) is 1. The number of carbonyl (C=O) groups excluding carboxylic acids is 2. The molecule has 1 aromatic rings. The van der Waals surface area contributed by atoms with Crippen molar-refractivity contribution < 1.29 is 14.3 Å². The van der Waals surface area contributed by atoms with Crippen LogP contribution >= 0.6 is 11.6 Å². The first-order chi connectivity index (χ1) is 8.61. The molecule has 0 atom stereocenters. The molecular weight excluding hydrogens is 254 g/mol. The van der Waals surface area contributed by atoms with Gasteiger partial charge in [-0.05, 0) is 24.1 Å². The Bertz CT molecular complexity index is 403. The molecule has 0 aliphatic carbocycles. The summed E-state index contributed by atoms with van der Waals surface area (Å²) in [6.45, 7) is 0.312. The molecule has 0 aliphatic heterocycles. The third kappa shape index (κ3) is 5.68. The lowest BCUT2D eigenvalue weighted by molar-refractivity contribution is -0.140. The predicted octanol–water partition coefficient (Wildman–Crippen LogP) is 1.95. The number of esters is 1. The summed E-state index contributed by atoms with van der Waals surface area (Å²) >= 11 is 5.76. The normalized spacial score (nSPS) is 9.89. The van der Waals surface area contributed by atoms with Crippen molar-refractivity contribution in [1.29, 1.82) is 0 Å². The number of amides is 1. The number of rotatable bonds is 6. The van der Waals surface area contributed by atoms with Gasteiger partial charge in [-0.2, -0.15) is 0 Å². The summed E-state index contributed by atoms with van der Waals surface area (Å²) in [6.07, 6.45) is 1.24. The highest BCUT2D eigenvalue weighted by Crippen LogP contribution is 2.10. The number of methoxy groups -OCH3 is 1. The van der Waals surface area contributed by atoms with Gasteiger partial charge in [0, 0.05) is 18.0 Å². The smallest absolute Gasteiger partial charge is 0.307 e. The maximum Gasteiger partial charge on any atom is 0.307 e. The van der Waals surface area contributed by atoms with E-state index in [0.717, 1.165) is 5.56 Å². The van der Waals surface area contributed by atoms with Gasteiger partial charge < -0.3 is 10.1 Å². The molecule has 1 aromatic carbocycles. The van der Waals surface area contributed by atoms with E-state index in [4.69, 9.17) is 11.6 Å². The second-order valence-electron chi connectivity index (χ2n) is 3.80. The Balaban J connectivity index is 2.21. The molecule has 18 heavy (non-hydrogen) atoms. The topological polar surface area (TPSA) is 55.4 Å². The Hall–Kier alpha value is -1.55. The van der Waals surface area contributed by atoms with E-state index in [2.05, 4.69) is 10.1 Å². The quantitative estimate of drug-likeness (QED) is 0.803. The minimum Gasteiger partial charge on any atom is -0.469 e. The van der Waals surface area contributed by atoms with Crippen LogP contribution in [0.5, 0.6) is 0 Å². The van der Waals surface area contributed by atoms with E-state index in [1.165, 1.54) is 7.11 Å². The largest absolute Gasteiger partial charge is 0.469 e. The van der Waals surface area contributed by atoms with Gasteiger partial charge in [-0.25, -0.2) is 0 Å². The molecule has 5 heteroatoms. The maximum atomic E-state index is 11.5. The molecule has 4 nitrogen and oxygen atoms in total. The first-order valence-electron chi connectivity index (χ1n) is 5.70. The lowest BCUT2D eigenvalue weighted by atomic mass is 10.1. The molecule has 0 spiro atoms. The molecule has 0 saturated carbocycles. The number of hydrogen-bond donors (Lipinski definition) is 1. The van der Waals surface area contributed by atoms with Gasteiger partial charge in [-0.1, -0.05) is 23.7 Å². The van der Waals surface area contributed by atoms with Crippen LogP contribution in [0.25, 0.3) is 0 Å². The fourth-order valence-electron chi connectivity index (χ4n) is 1.40. The monoisotopic (exact) mass is 269 g/mol. The highest BCUT2D eigenvalue weighted by Gasteiger charge is 2.04. The van der Waals surface area contributed by atoms with Crippen LogP contribution in [0.2, 0.25) is 5.02 Å². The average Bonchev–Trinajstić information content (AvgIpc) is 2.38. The third-order valence-corrected chi connectivity index (χ3v) is 2.68. The van der Waals surface area contributed by atoms with Crippen molar-refractivity contribution >= 4 is 23.5 Å². The van der Waals surface area contributed by atoms with Crippen LogP contribution in [-0.2, 0) is 20.7 Å². The van der Waals surface area contributed by atoms with Crippen LogP contribution in [0.15, 0.2) is 24.3 Å². The van der Waals surface area contributed by atoms with Gasteiger partial charge in [-0.15, -0.1) is 0 Å². The molecule has 0 radical (unpaired) electrons. The van der Waals surface area contributed by atoms with Crippen molar-refractivity contribution in [3.8, 4) is 0 Å². The molecule has 0 saturated heterocycles. The van der Waals surface area contributed by atoms with Gasteiger partial charge >= 0.3 is 5.97 Å². The summed E-state index contributed by atoms with van der Waals surface area (Å²) in [6, 6.07) is 7.38. The van der Waals surface area contributed by atoms with Gasteiger partial charge in [0.2, 0.25) is 5.91 Å². The van der Waals surface area contributed by atoms with Crippen molar-refractivity contribution in [3.63, 3.8) is 0 Å². The maximum absolute atomic E-state index is 11.5. The standard InChI is InChI=1S/C13H16ClNO3/c1-18-13(17)8-9-15-12(16)7-4-10-2-5-11(14)6-3-10/h2-3,5-6H,4,7-9H2,1H3,(H,15,16). The lowest BCUT2D eigenvalue weighted by Gasteiger charge is -2.04. The van der Waals surface area contributed by atoms with Crippen LogP contribution in [0.3, 0.4) is 0 Å². The van der Waals surface area contributed by atoms with Crippen molar-refractivity contribution in [3.05, 3.63) is 34.9 Å². The van der Waals surface area contributed by atoms with Crippen molar-refractivity contribution in [2.45, 2.75) is 19.3 Å². The Kier molecular flexibility index (Phi) is 6.22. The molecule has 1 N–H and O–H groups in total. The van der Waals surface area contributed by atoms with Crippen LogP contribution in [-0.4, -0.2) is 25.5 Å². The summed E-state index contributed by atoms with van der Waals surface area (Å²) < 4.78 is 4.47. The fourth-order valence-corrected chi connectivity index (χ4v) is 1.53. The van der Waals surface area contributed by atoms with Crippen molar-refractivity contribution in [2.24, 2.45) is 0 Å². The van der Waals surface area contributed by atoms with Gasteiger partial charge in [0.15, 0.2) is 0 Å². The molecule has 1 rings (SSSR count). The number of carbonyl (C=O) groups is 2. The van der Waals surface area contributed by atoms with Gasteiger partial charge in [0.25, 0.3) is 0 Å². The summed E-state index contributed by atoms with van der Waals surface area (Å²) in [4.78, 5) is 22.3. The highest BCUT2D eigenvalue weighted by molar-refractivity contribution is 6.30. The summed E-state index contributed by atoms with van der Waals surface area (Å²) in [5, 5.41) is 3.35. The summed E-state index contributed by atoms with van der Waals surface area (Å²) in [5.74, 6) is -0.401. The van der Waals surface area contributed by atoms with E-state index in [0.29, 0.717) is 24.4 Å². The fraction of sp³-hybridized carbons (Fsp3) is 0.385. The molecular formula is C13H16ClNO3. The van der Waals surface area contributed by atoms with E-state index in [-0.39, 0.29) is 18.3 Å². The Morgan fingerprint density at radius 2 is 1.89 bits per heavy atom. The molecule has 0 aliphatic rings. The second-order valence-corrected chi connectivity index (χ2v) is 4.24. The number of hydrogen-bond acceptors (Lipinski definition) is 3. The van der Waals surface area contributed by atoms with E-state index in [1.54, 1.807) is 12.1 Å². The van der Waals surface area contributed by atoms with E-state index >= 15 is 0 Å². The van der Waals surface area contributed by atoms with Crippen LogP contribution < -0.4 is 5.32 Å². The van der Waals surface area contributed by atoms with E-state index in [9.17, 15) is 9.59 Å². The Morgan fingerprint density at radius 1 is 1.22 bits per heavy atom. The first kappa shape index (κ1) is 14.5. The molecule has 0 fully saturated rings. The second kappa shape index (κ2) is 7.71. The third-order valence-electron chi connectivity index (χ3n) is 2.43. The van der Waals surface area contributed by atoms with Gasteiger partial charge in [0.1, 0.15) is 0 Å². The van der Waals surface area contributed by atoms with E-state index < -0.39 is 0 Å². The van der Waals surface area contributed by atoms with Gasteiger partial charge in [0.05, 0.1) is 13.5 Å². The number of halogens is 1. The van der Waals surface area contributed by atoms with Gasteiger partial charge in [-0.3, -0.25) is 9.59 Å². The minimum absolute atomic E-state index is 0.0751. The Labute approximate surface area is 111 Å². The highest BCUT2D eigenvalue weighted by atomic mass is 35.5. The SMILES string of the molecule is COC(=O)CCNC(=O)CCc1ccc(Cl)cc1. The lowest BCUT2D eigenvalue weighted by Crippen LogP contribution is -2.26. The number of aryl methyl sites for hydroxylation is 1. The van der Waals surface area contributed by atoms with Crippen molar-refractivity contribution in [1.82, 2.24) is 5.32 Å². The number of benzene rings is 1. The average molecular weight is 270 g/mol. The Morgan fingerprint density at radius 3 is 2.50 bits per heavy atom. The number of nitrogens with one attached hydrogen (secondary N) is 1. The molecule has 0 heterocycles. The van der Waals surface area contributed by atoms with Crippen molar-refractivity contribution in [2.75, 3.05) is 13.7 Å². The summed E-state index contributed by atoms with van der Waals surface area (Å²) in [7, 11) is 1.32. The molecule has 98 valence electrons. The van der Waals surface area contributed by atoms with E-state index in [1.807, 2.05) is 12.1 Å². The zero-order valence-electron chi connectivity index (χ0n) is 10.2. The predicted molar refractivity (Wildman–Crippen MR) is 69.4 cm³/mol. The zero-order chi connectivity index (χ0) is 13.4. The zero-order valence-corrected chi connectivity index (χ0v) is 11.0. The first-order valence-corrected chi connectivity index (χ1v) is 6.07. The molecule has 0 aromatic heterocycles. The van der Waals surface area contributed by atoms with Crippen LogP contribution in [0.4, 0.5) is 0 Å². The molecule has 1 amide bonds. The summed E-state index contributed by atoms with van der Waals surface area (Å²) in [5.41, 5.74) is 1.06. The molecule has 0 unspecified atom stereocenters. The van der Waals surface area contributed by atoms with Crippen LogP contribution in [0, 0.1) is 0 Å². The minimum atomic E-state index is -0.326. The molecule has 0 bridgehead atoms. The van der Waals surface area contributed by atoms with Crippen LogP contribution in [0.1, 0.15) is 18.4 Å².